The number of nitrogen functional groups attached to an aromatic ring is 1. The van der Waals surface area contributed by atoms with Gasteiger partial charge < -0.3 is 11.1 Å². The van der Waals surface area contributed by atoms with Gasteiger partial charge in [-0.1, -0.05) is 6.92 Å². The average molecular weight is 275 g/mol. The molecule has 0 aliphatic heterocycles. The molecule has 3 rings (SSSR count). The molecule has 19 heavy (non-hydrogen) atoms. The fraction of sp³-hybridized carbons (Fsp3) is 0.429. The van der Waals surface area contributed by atoms with Crippen LogP contribution in [0.15, 0.2) is 18.3 Å². The van der Waals surface area contributed by atoms with Crippen LogP contribution in [0.5, 0.6) is 0 Å². The van der Waals surface area contributed by atoms with Crippen LogP contribution in [0.2, 0.25) is 0 Å². The SMILES string of the molecule is CCC1(NC(=O)c2sc3cccnc3c2N)CCC1. The van der Waals surface area contributed by atoms with Crippen LogP contribution in [-0.4, -0.2) is 16.4 Å². The number of thiophene rings is 1. The summed E-state index contributed by atoms with van der Waals surface area (Å²) < 4.78 is 0.962. The number of amides is 1. The standard InChI is InChI=1S/C14H17N3OS/c1-2-14(6-4-7-14)17-13(18)12-10(15)11-9(19-12)5-3-8-16-11/h3,5,8H,2,4,6-7,15H2,1H3,(H,17,18). The lowest BCUT2D eigenvalue weighted by Gasteiger charge is -2.41. The number of carbonyl (C=O) groups excluding carboxylic acids is 1. The van der Waals surface area contributed by atoms with E-state index >= 15 is 0 Å². The summed E-state index contributed by atoms with van der Waals surface area (Å²) in [6, 6.07) is 3.80. The first-order valence-corrected chi connectivity index (χ1v) is 7.42. The van der Waals surface area contributed by atoms with E-state index in [4.69, 9.17) is 5.73 Å². The summed E-state index contributed by atoms with van der Waals surface area (Å²) in [6.45, 7) is 2.12. The van der Waals surface area contributed by atoms with E-state index < -0.39 is 0 Å². The molecule has 0 atom stereocenters. The Morgan fingerprint density at radius 2 is 2.37 bits per heavy atom. The maximum absolute atomic E-state index is 12.4. The zero-order valence-electron chi connectivity index (χ0n) is 10.9. The van der Waals surface area contributed by atoms with Gasteiger partial charge in [-0.2, -0.15) is 0 Å². The predicted molar refractivity (Wildman–Crippen MR) is 78.4 cm³/mol. The van der Waals surface area contributed by atoms with Crippen molar-refractivity contribution in [1.29, 1.82) is 0 Å². The quantitative estimate of drug-likeness (QED) is 0.905. The first kappa shape index (κ1) is 12.4. The van der Waals surface area contributed by atoms with Gasteiger partial charge in [0, 0.05) is 11.7 Å². The van der Waals surface area contributed by atoms with Crippen LogP contribution in [0.1, 0.15) is 42.3 Å². The molecule has 5 heteroatoms. The second-order valence-electron chi connectivity index (χ2n) is 5.14. The minimum atomic E-state index is -0.0537. The molecule has 1 amide bonds. The number of fused-ring (bicyclic) bond motifs is 1. The molecule has 4 nitrogen and oxygen atoms in total. The summed E-state index contributed by atoms with van der Waals surface area (Å²) in [6.07, 6.45) is 6.00. The molecule has 0 aromatic carbocycles. The number of anilines is 1. The Morgan fingerprint density at radius 1 is 1.58 bits per heavy atom. The number of nitrogens with two attached hydrogens (primary N) is 1. The van der Waals surface area contributed by atoms with E-state index in [1.165, 1.54) is 17.8 Å². The number of pyridine rings is 1. The average Bonchev–Trinajstić information content (AvgIpc) is 2.72. The first-order valence-electron chi connectivity index (χ1n) is 6.61. The fourth-order valence-electron chi connectivity index (χ4n) is 2.58. The van der Waals surface area contributed by atoms with E-state index in [-0.39, 0.29) is 11.4 Å². The lowest BCUT2D eigenvalue weighted by Crippen LogP contribution is -2.52. The number of hydrogen-bond donors (Lipinski definition) is 2. The highest BCUT2D eigenvalue weighted by atomic mass is 32.1. The maximum Gasteiger partial charge on any atom is 0.264 e. The minimum absolute atomic E-state index is 0.00682. The van der Waals surface area contributed by atoms with Crippen molar-refractivity contribution in [2.24, 2.45) is 0 Å². The zero-order valence-corrected chi connectivity index (χ0v) is 11.7. The van der Waals surface area contributed by atoms with E-state index in [2.05, 4.69) is 17.2 Å². The molecule has 0 saturated heterocycles. The number of aromatic nitrogens is 1. The molecule has 1 aliphatic carbocycles. The van der Waals surface area contributed by atoms with Gasteiger partial charge in [0.2, 0.25) is 0 Å². The summed E-state index contributed by atoms with van der Waals surface area (Å²) >= 11 is 1.42. The Bertz CT molecular complexity index is 625. The Labute approximate surface area is 116 Å². The van der Waals surface area contributed by atoms with E-state index in [9.17, 15) is 4.79 Å². The number of rotatable bonds is 3. The smallest absolute Gasteiger partial charge is 0.264 e. The van der Waals surface area contributed by atoms with Crippen LogP contribution < -0.4 is 11.1 Å². The third-order valence-corrected chi connectivity index (χ3v) is 5.21. The van der Waals surface area contributed by atoms with Crippen LogP contribution in [-0.2, 0) is 0 Å². The third-order valence-electron chi connectivity index (χ3n) is 4.05. The lowest BCUT2D eigenvalue weighted by molar-refractivity contribution is 0.0825. The van der Waals surface area contributed by atoms with Crippen LogP contribution in [0.25, 0.3) is 10.2 Å². The normalized spacial score (nSPS) is 17.1. The van der Waals surface area contributed by atoms with Gasteiger partial charge in [-0.15, -0.1) is 11.3 Å². The Kier molecular flexibility index (Phi) is 2.93. The van der Waals surface area contributed by atoms with Crippen LogP contribution >= 0.6 is 11.3 Å². The molecule has 1 saturated carbocycles. The molecule has 1 fully saturated rings. The van der Waals surface area contributed by atoms with Gasteiger partial charge in [-0.3, -0.25) is 9.78 Å². The van der Waals surface area contributed by atoms with Gasteiger partial charge in [-0.05, 0) is 37.8 Å². The number of hydrogen-bond acceptors (Lipinski definition) is 4. The van der Waals surface area contributed by atoms with Gasteiger partial charge in [-0.25, -0.2) is 0 Å². The molecular formula is C14H17N3OS. The molecule has 0 unspecified atom stereocenters. The number of nitrogens with one attached hydrogen (secondary N) is 1. The van der Waals surface area contributed by atoms with Crippen molar-refractivity contribution in [2.45, 2.75) is 38.1 Å². The number of carbonyl (C=O) groups is 1. The summed E-state index contributed by atoms with van der Waals surface area (Å²) in [5.74, 6) is -0.0537. The van der Waals surface area contributed by atoms with Crippen molar-refractivity contribution < 1.29 is 4.79 Å². The maximum atomic E-state index is 12.4. The highest BCUT2D eigenvalue weighted by molar-refractivity contribution is 7.21. The monoisotopic (exact) mass is 275 g/mol. The summed E-state index contributed by atoms with van der Waals surface area (Å²) in [7, 11) is 0. The Hall–Kier alpha value is -1.62. The second-order valence-corrected chi connectivity index (χ2v) is 6.19. The van der Waals surface area contributed by atoms with Gasteiger partial charge >= 0.3 is 0 Å². The zero-order chi connectivity index (χ0) is 13.5. The topological polar surface area (TPSA) is 68.0 Å². The Balaban J connectivity index is 1.91. The van der Waals surface area contributed by atoms with E-state index in [1.807, 2.05) is 12.1 Å². The van der Waals surface area contributed by atoms with Gasteiger partial charge in [0.05, 0.1) is 10.4 Å². The second kappa shape index (κ2) is 4.49. The van der Waals surface area contributed by atoms with Crippen LogP contribution in [0.4, 0.5) is 5.69 Å². The van der Waals surface area contributed by atoms with Crippen molar-refractivity contribution in [3.8, 4) is 0 Å². The predicted octanol–water partition coefficient (Wildman–Crippen LogP) is 2.94. The Morgan fingerprint density at radius 3 is 2.95 bits per heavy atom. The molecule has 3 N–H and O–H groups in total. The van der Waals surface area contributed by atoms with Crippen molar-refractivity contribution >= 4 is 33.1 Å². The fourth-order valence-corrected chi connectivity index (χ4v) is 3.56. The van der Waals surface area contributed by atoms with Crippen molar-refractivity contribution in [3.63, 3.8) is 0 Å². The van der Waals surface area contributed by atoms with E-state index in [1.54, 1.807) is 6.20 Å². The molecule has 100 valence electrons. The molecule has 0 radical (unpaired) electrons. The molecule has 1 aliphatic rings. The minimum Gasteiger partial charge on any atom is -0.396 e. The summed E-state index contributed by atoms with van der Waals surface area (Å²) in [4.78, 5) is 17.2. The first-order chi connectivity index (χ1) is 9.15. The largest absolute Gasteiger partial charge is 0.396 e. The summed E-state index contributed by atoms with van der Waals surface area (Å²) in [5.41, 5.74) is 7.28. The van der Waals surface area contributed by atoms with Crippen LogP contribution in [0.3, 0.4) is 0 Å². The van der Waals surface area contributed by atoms with E-state index in [0.717, 1.165) is 29.5 Å². The van der Waals surface area contributed by atoms with Gasteiger partial charge in [0.25, 0.3) is 5.91 Å². The molecular weight excluding hydrogens is 258 g/mol. The van der Waals surface area contributed by atoms with Crippen molar-refractivity contribution in [3.05, 3.63) is 23.2 Å². The lowest BCUT2D eigenvalue weighted by atomic mass is 9.75. The van der Waals surface area contributed by atoms with Crippen molar-refractivity contribution in [1.82, 2.24) is 10.3 Å². The molecule has 2 heterocycles. The molecule has 2 aromatic rings. The summed E-state index contributed by atoms with van der Waals surface area (Å²) in [5, 5.41) is 3.16. The van der Waals surface area contributed by atoms with Gasteiger partial charge in [0.1, 0.15) is 10.4 Å². The molecule has 0 bridgehead atoms. The van der Waals surface area contributed by atoms with E-state index in [0.29, 0.717) is 10.6 Å². The van der Waals surface area contributed by atoms with Crippen LogP contribution in [0, 0.1) is 0 Å². The van der Waals surface area contributed by atoms with Gasteiger partial charge in [0.15, 0.2) is 0 Å². The molecule has 0 spiro atoms. The number of nitrogens with zero attached hydrogens (tertiary/aromatic N) is 1. The highest BCUT2D eigenvalue weighted by Crippen LogP contribution is 2.37. The third kappa shape index (κ3) is 1.98. The molecule has 2 aromatic heterocycles. The highest BCUT2D eigenvalue weighted by Gasteiger charge is 2.37. The van der Waals surface area contributed by atoms with Crippen molar-refractivity contribution in [2.75, 3.05) is 5.73 Å².